The van der Waals surface area contributed by atoms with Crippen molar-refractivity contribution in [3.05, 3.63) is 11.6 Å². The van der Waals surface area contributed by atoms with Crippen molar-refractivity contribution in [2.45, 2.75) is 84.3 Å². The Balaban J connectivity index is 1.62. The van der Waals surface area contributed by atoms with Gasteiger partial charge in [0.2, 0.25) is 0 Å². The van der Waals surface area contributed by atoms with Crippen molar-refractivity contribution >= 4 is 0 Å². The van der Waals surface area contributed by atoms with Crippen LogP contribution in [0.4, 0.5) is 0 Å². The highest BCUT2D eigenvalue weighted by Crippen LogP contribution is 2.66. The summed E-state index contributed by atoms with van der Waals surface area (Å²) in [6.07, 6.45) is 13.1. The van der Waals surface area contributed by atoms with Crippen LogP contribution < -0.4 is 5.32 Å². The van der Waals surface area contributed by atoms with Crippen LogP contribution in [0.5, 0.6) is 0 Å². The Hall–Kier alpha value is -0.340. The summed E-state index contributed by atoms with van der Waals surface area (Å²) in [6.45, 7) is 7.13. The molecule has 0 aromatic heterocycles. The topological polar surface area (TPSA) is 32.3 Å². The smallest absolute Gasteiger partial charge is 0.0545 e. The van der Waals surface area contributed by atoms with Crippen molar-refractivity contribution in [2.75, 3.05) is 7.05 Å². The lowest BCUT2D eigenvalue weighted by molar-refractivity contribution is -0.0630. The molecule has 0 spiro atoms. The molecule has 8 unspecified atom stereocenters. The average molecular weight is 332 g/mol. The highest BCUT2D eigenvalue weighted by atomic mass is 16.3. The number of aliphatic hydroxyl groups is 1. The quantitative estimate of drug-likeness (QED) is 0.728. The molecule has 2 N–H and O–H groups in total. The molecule has 24 heavy (non-hydrogen) atoms. The molecule has 8 atom stereocenters. The van der Waals surface area contributed by atoms with E-state index in [-0.39, 0.29) is 6.10 Å². The standard InChI is InChI=1S/C22H37NO/c1-14(24)18-7-8-19-17-6-5-15-13-16(23-4)9-11-21(15,2)20(17)10-12-22(18,19)3/h5,14,16-20,23-24H,6-13H2,1-4H3. The molecule has 0 radical (unpaired) electrons. The molecule has 0 aromatic carbocycles. The van der Waals surface area contributed by atoms with Crippen LogP contribution in [0.25, 0.3) is 0 Å². The molecule has 3 saturated carbocycles. The lowest BCUT2D eigenvalue weighted by atomic mass is 9.47. The monoisotopic (exact) mass is 331 g/mol. The highest BCUT2D eigenvalue weighted by Gasteiger charge is 2.59. The maximum atomic E-state index is 10.3. The van der Waals surface area contributed by atoms with Gasteiger partial charge < -0.3 is 10.4 Å². The van der Waals surface area contributed by atoms with Gasteiger partial charge >= 0.3 is 0 Å². The summed E-state index contributed by atoms with van der Waals surface area (Å²) >= 11 is 0. The van der Waals surface area contributed by atoms with Crippen LogP contribution in [-0.4, -0.2) is 24.3 Å². The summed E-state index contributed by atoms with van der Waals surface area (Å²) in [4.78, 5) is 0. The van der Waals surface area contributed by atoms with Gasteiger partial charge in [-0.3, -0.25) is 0 Å². The van der Waals surface area contributed by atoms with E-state index in [1.807, 2.05) is 6.92 Å². The first-order chi connectivity index (χ1) is 11.4. The van der Waals surface area contributed by atoms with Crippen molar-refractivity contribution in [2.24, 2.45) is 34.5 Å². The summed E-state index contributed by atoms with van der Waals surface area (Å²) in [5, 5.41) is 13.8. The second-order valence-corrected chi connectivity index (χ2v) is 9.96. The van der Waals surface area contributed by atoms with Crippen LogP contribution in [0.15, 0.2) is 11.6 Å². The molecule has 0 amide bonds. The zero-order valence-electron chi connectivity index (χ0n) is 16.1. The fraction of sp³-hybridized carbons (Fsp3) is 0.909. The van der Waals surface area contributed by atoms with E-state index in [2.05, 4.69) is 32.3 Å². The van der Waals surface area contributed by atoms with Crippen molar-refractivity contribution in [1.29, 1.82) is 0 Å². The van der Waals surface area contributed by atoms with Crippen LogP contribution >= 0.6 is 0 Å². The van der Waals surface area contributed by atoms with Gasteiger partial charge in [-0.15, -0.1) is 0 Å². The number of rotatable bonds is 2. The number of hydrogen-bond acceptors (Lipinski definition) is 2. The predicted octanol–water partition coefficient (Wildman–Crippen LogP) is 4.53. The van der Waals surface area contributed by atoms with E-state index in [1.165, 1.54) is 51.4 Å². The minimum Gasteiger partial charge on any atom is -0.393 e. The Labute approximate surface area is 148 Å². The van der Waals surface area contributed by atoms with Crippen LogP contribution in [0.1, 0.15) is 72.1 Å². The SMILES string of the molecule is CNC1CCC2(C)C(=CCC3C2CCC2(C)C(C(C)O)CCC32)C1. The second-order valence-electron chi connectivity index (χ2n) is 9.96. The molecule has 0 aliphatic heterocycles. The van der Waals surface area contributed by atoms with Crippen LogP contribution in [0.2, 0.25) is 0 Å². The Morgan fingerprint density at radius 3 is 2.62 bits per heavy atom. The molecule has 4 aliphatic carbocycles. The van der Waals surface area contributed by atoms with Gasteiger partial charge in [0.25, 0.3) is 0 Å². The van der Waals surface area contributed by atoms with Crippen LogP contribution in [-0.2, 0) is 0 Å². The normalized spacial score (nSPS) is 52.0. The molecule has 136 valence electrons. The fourth-order valence-corrected chi connectivity index (χ4v) is 7.74. The second kappa shape index (κ2) is 5.84. The van der Waals surface area contributed by atoms with E-state index < -0.39 is 0 Å². The number of fused-ring (bicyclic) bond motifs is 5. The summed E-state index contributed by atoms with van der Waals surface area (Å²) in [7, 11) is 2.13. The number of nitrogens with one attached hydrogen (secondary N) is 1. The Bertz CT molecular complexity index is 526. The minimum atomic E-state index is -0.132. The van der Waals surface area contributed by atoms with E-state index in [9.17, 15) is 5.11 Å². The van der Waals surface area contributed by atoms with Gasteiger partial charge in [-0.05, 0) is 99.8 Å². The molecular formula is C22H37NO. The van der Waals surface area contributed by atoms with Gasteiger partial charge in [0.05, 0.1) is 6.10 Å². The van der Waals surface area contributed by atoms with Gasteiger partial charge in [-0.1, -0.05) is 25.5 Å². The highest BCUT2D eigenvalue weighted by molar-refractivity contribution is 5.25. The van der Waals surface area contributed by atoms with Crippen LogP contribution in [0, 0.1) is 34.5 Å². The summed E-state index contributed by atoms with van der Waals surface area (Å²) < 4.78 is 0. The van der Waals surface area contributed by atoms with E-state index in [0.29, 0.717) is 22.8 Å². The third-order valence-electron chi connectivity index (χ3n) is 9.17. The van der Waals surface area contributed by atoms with Crippen LogP contribution in [0.3, 0.4) is 0 Å². The maximum absolute atomic E-state index is 10.3. The first-order valence-electron chi connectivity index (χ1n) is 10.4. The predicted molar refractivity (Wildman–Crippen MR) is 99.7 cm³/mol. The number of hydrogen-bond donors (Lipinski definition) is 2. The van der Waals surface area contributed by atoms with Crippen molar-refractivity contribution in [1.82, 2.24) is 5.32 Å². The molecule has 3 fully saturated rings. The molecule has 2 nitrogen and oxygen atoms in total. The molecule has 4 aliphatic rings. The molecule has 0 heterocycles. The number of aliphatic hydroxyl groups excluding tert-OH is 1. The van der Waals surface area contributed by atoms with E-state index in [1.54, 1.807) is 5.57 Å². The minimum absolute atomic E-state index is 0.132. The molecule has 0 bridgehead atoms. The molecule has 2 heteroatoms. The third kappa shape index (κ3) is 2.28. The molecule has 4 rings (SSSR count). The van der Waals surface area contributed by atoms with Crippen molar-refractivity contribution in [3.8, 4) is 0 Å². The van der Waals surface area contributed by atoms with E-state index in [0.717, 1.165) is 17.8 Å². The number of allylic oxidation sites excluding steroid dienone is 1. The van der Waals surface area contributed by atoms with Gasteiger partial charge in [0, 0.05) is 6.04 Å². The largest absolute Gasteiger partial charge is 0.393 e. The van der Waals surface area contributed by atoms with Gasteiger partial charge in [-0.25, -0.2) is 0 Å². The lowest BCUT2D eigenvalue weighted by Gasteiger charge is -2.58. The van der Waals surface area contributed by atoms with Crippen molar-refractivity contribution in [3.63, 3.8) is 0 Å². The Morgan fingerprint density at radius 1 is 1.12 bits per heavy atom. The van der Waals surface area contributed by atoms with E-state index >= 15 is 0 Å². The average Bonchev–Trinajstić information content (AvgIpc) is 2.91. The van der Waals surface area contributed by atoms with E-state index in [4.69, 9.17) is 0 Å². The Morgan fingerprint density at radius 2 is 1.92 bits per heavy atom. The molecular weight excluding hydrogens is 294 g/mol. The zero-order chi connectivity index (χ0) is 17.1. The summed E-state index contributed by atoms with van der Waals surface area (Å²) in [5.74, 6) is 3.13. The lowest BCUT2D eigenvalue weighted by Crippen LogP contribution is -2.51. The fourth-order valence-electron chi connectivity index (χ4n) is 7.74. The molecule has 0 aromatic rings. The molecule has 0 saturated heterocycles. The van der Waals surface area contributed by atoms with Gasteiger partial charge in [-0.2, -0.15) is 0 Å². The first-order valence-corrected chi connectivity index (χ1v) is 10.4. The zero-order valence-corrected chi connectivity index (χ0v) is 16.1. The third-order valence-corrected chi connectivity index (χ3v) is 9.17. The summed E-state index contributed by atoms with van der Waals surface area (Å²) in [5.41, 5.74) is 2.61. The Kier molecular flexibility index (Phi) is 4.16. The maximum Gasteiger partial charge on any atom is 0.0545 e. The summed E-state index contributed by atoms with van der Waals surface area (Å²) in [6, 6.07) is 0.695. The van der Waals surface area contributed by atoms with Gasteiger partial charge in [0.15, 0.2) is 0 Å². The van der Waals surface area contributed by atoms with Gasteiger partial charge in [0.1, 0.15) is 0 Å². The first kappa shape index (κ1) is 17.1. The van der Waals surface area contributed by atoms with Crippen molar-refractivity contribution < 1.29 is 5.11 Å².